The van der Waals surface area contributed by atoms with Crippen molar-refractivity contribution in [2.75, 3.05) is 11.6 Å². The summed E-state index contributed by atoms with van der Waals surface area (Å²) in [5.41, 5.74) is 7.58. The van der Waals surface area contributed by atoms with E-state index in [0.29, 0.717) is 0 Å². The van der Waals surface area contributed by atoms with Crippen LogP contribution in [-0.2, 0) is 12.2 Å². The molecule has 0 saturated heterocycles. The Kier molecular flexibility index (Phi) is 3.53. The van der Waals surface area contributed by atoms with Crippen LogP contribution in [0.15, 0.2) is 29.4 Å². The lowest BCUT2D eigenvalue weighted by atomic mass is 10.2. The second kappa shape index (κ2) is 5.09. The number of aromatic nitrogens is 3. The summed E-state index contributed by atoms with van der Waals surface area (Å²) in [5, 5.41) is 8.79. The Labute approximate surface area is 104 Å². The lowest BCUT2D eigenvalue weighted by Gasteiger charge is -2.02. The standard InChI is InChI=1S/C11H15N5S/c1-2-10-14-15-11(16(10)13)17-7-8-3-5-9(12)6-4-8/h3-6H,2,7,12-13H2,1H3. The van der Waals surface area contributed by atoms with E-state index < -0.39 is 0 Å². The third-order valence-electron chi connectivity index (χ3n) is 2.40. The van der Waals surface area contributed by atoms with Gasteiger partial charge in [-0.2, -0.15) is 0 Å². The van der Waals surface area contributed by atoms with Gasteiger partial charge in [-0.1, -0.05) is 30.8 Å². The van der Waals surface area contributed by atoms with Crippen LogP contribution in [0.4, 0.5) is 5.69 Å². The van der Waals surface area contributed by atoms with E-state index in [0.717, 1.165) is 28.8 Å². The molecule has 1 aromatic carbocycles. The van der Waals surface area contributed by atoms with Gasteiger partial charge < -0.3 is 11.6 Å². The van der Waals surface area contributed by atoms with E-state index >= 15 is 0 Å². The Morgan fingerprint density at radius 2 is 1.94 bits per heavy atom. The largest absolute Gasteiger partial charge is 0.399 e. The third kappa shape index (κ3) is 2.71. The summed E-state index contributed by atoms with van der Waals surface area (Å²) >= 11 is 1.57. The van der Waals surface area contributed by atoms with Crippen molar-refractivity contribution < 1.29 is 0 Å². The number of nitrogens with two attached hydrogens (primary N) is 2. The van der Waals surface area contributed by atoms with Crippen LogP contribution in [0, 0.1) is 0 Å². The molecule has 1 heterocycles. The molecule has 17 heavy (non-hydrogen) atoms. The number of anilines is 1. The highest BCUT2D eigenvalue weighted by Gasteiger charge is 2.08. The summed E-state index contributed by atoms with van der Waals surface area (Å²) in [5.74, 6) is 7.45. The highest BCUT2D eigenvalue weighted by Crippen LogP contribution is 2.20. The molecular formula is C11H15N5S. The zero-order chi connectivity index (χ0) is 12.3. The molecule has 0 unspecified atom stereocenters. The minimum Gasteiger partial charge on any atom is -0.399 e. The number of thioether (sulfide) groups is 1. The van der Waals surface area contributed by atoms with Crippen LogP contribution in [0.2, 0.25) is 0 Å². The van der Waals surface area contributed by atoms with Crippen molar-refractivity contribution in [3.63, 3.8) is 0 Å². The predicted molar refractivity (Wildman–Crippen MR) is 70.0 cm³/mol. The van der Waals surface area contributed by atoms with Gasteiger partial charge in [0.25, 0.3) is 0 Å². The lowest BCUT2D eigenvalue weighted by Crippen LogP contribution is -2.13. The van der Waals surface area contributed by atoms with Gasteiger partial charge in [0.1, 0.15) is 0 Å². The van der Waals surface area contributed by atoms with Gasteiger partial charge in [0.15, 0.2) is 5.82 Å². The number of rotatable bonds is 4. The summed E-state index contributed by atoms with van der Waals surface area (Å²) in [6.07, 6.45) is 0.784. The van der Waals surface area contributed by atoms with Gasteiger partial charge in [0, 0.05) is 17.9 Å². The van der Waals surface area contributed by atoms with Gasteiger partial charge in [0.2, 0.25) is 5.16 Å². The third-order valence-corrected chi connectivity index (χ3v) is 3.41. The fourth-order valence-electron chi connectivity index (χ4n) is 1.41. The second-order valence-electron chi connectivity index (χ2n) is 3.65. The van der Waals surface area contributed by atoms with Crippen molar-refractivity contribution in [1.82, 2.24) is 14.9 Å². The number of nitrogens with zero attached hydrogens (tertiary/aromatic N) is 3. The van der Waals surface area contributed by atoms with Crippen LogP contribution in [-0.4, -0.2) is 14.9 Å². The predicted octanol–water partition coefficient (Wildman–Crippen LogP) is 1.43. The Morgan fingerprint density at radius 1 is 1.24 bits per heavy atom. The summed E-state index contributed by atoms with van der Waals surface area (Å²) in [7, 11) is 0. The van der Waals surface area contributed by atoms with E-state index in [-0.39, 0.29) is 0 Å². The van der Waals surface area contributed by atoms with Crippen molar-refractivity contribution in [3.8, 4) is 0 Å². The average molecular weight is 249 g/mol. The molecule has 0 aliphatic heterocycles. The zero-order valence-corrected chi connectivity index (χ0v) is 10.4. The molecule has 1 aromatic heterocycles. The zero-order valence-electron chi connectivity index (χ0n) is 9.63. The summed E-state index contributed by atoms with van der Waals surface area (Å²) in [6.45, 7) is 2.00. The Morgan fingerprint density at radius 3 is 2.53 bits per heavy atom. The summed E-state index contributed by atoms with van der Waals surface area (Å²) in [6, 6.07) is 7.78. The van der Waals surface area contributed by atoms with Crippen LogP contribution in [0.5, 0.6) is 0 Å². The molecule has 6 heteroatoms. The van der Waals surface area contributed by atoms with Gasteiger partial charge in [-0.3, -0.25) is 0 Å². The summed E-state index contributed by atoms with van der Waals surface area (Å²) in [4.78, 5) is 0. The van der Waals surface area contributed by atoms with Crippen LogP contribution in [0.25, 0.3) is 0 Å². The first-order valence-electron chi connectivity index (χ1n) is 5.37. The van der Waals surface area contributed by atoms with Crippen molar-refractivity contribution in [2.24, 2.45) is 0 Å². The summed E-state index contributed by atoms with van der Waals surface area (Å²) < 4.78 is 1.54. The van der Waals surface area contributed by atoms with Crippen molar-refractivity contribution in [2.45, 2.75) is 24.3 Å². The molecule has 0 aliphatic carbocycles. The van der Waals surface area contributed by atoms with Crippen LogP contribution >= 0.6 is 11.8 Å². The van der Waals surface area contributed by atoms with E-state index in [9.17, 15) is 0 Å². The molecule has 0 radical (unpaired) electrons. The minimum absolute atomic E-state index is 0.735. The molecule has 2 aromatic rings. The van der Waals surface area contributed by atoms with E-state index in [1.807, 2.05) is 31.2 Å². The van der Waals surface area contributed by atoms with Crippen molar-refractivity contribution in [1.29, 1.82) is 0 Å². The molecule has 0 aliphatic rings. The molecule has 2 rings (SSSR count). The first-order valence-corrected chi connectivity index (χ1v) is 6.36. The van der Waals surface area contributed by atoms with Gasteiger partial charge in [0.05, 0.1) is 0 Å². The fourth-order valence-corrected chi connectivity index (χ4v) is 2.24. The smallest absolute Gasteiger partial charge is 0.210 e. The number of hydrogen-bond donors (Lipinski definition) is 2. The first-order chi connectivity index (χ1) is 8.20. The van der Waals surface area contributed by atoms with Crippen LogP contribution in [0.3, 0.4) is 0 Å². The van der Waals surface area contributed by atoms with Gasteiger partial charge >= 0.3 is 0 Å². The molecule has 0 atom stereocenters. The molecule has 0 saturated carbocycles. The molecule has 0 spiro atoms. The molecule has 4 N–H and O–H groups in total. The van der Waals surface area contributed by atoms with Gasteiger partial charge in [-0.05, 0) is 17.7 Å². The highest BCUT2D eigenvalue weighted by atomic mass is 32.2. The highest BCUT2D eigenvalue weighted by molar-refractivity contribution is 7.98. The molecule has 5 nitrogen and oxygen atoms in total. The van der Waals surface area contributed by atoms with Gasteiger partial charge in [-0.15, -0.1) is 10.2 Å². The first kappa shape index (κ1) is 11.8. The average Bonchev–Trinajstić information content (AvgIpc) is 2.69. The molecule has 0 bridgehead atoms. The number of hydrogen-bond acceptors (Lipinski definition) is 5. The van der Waals surface area contributed by atoms with E-state index in [1.54, 1.807) is 16.4 Å². The van der Waals surface area contributed by atoms with E-state index in [2.05, 4.69) is 10.2 Å². The topological polar surface area (TPSA) is 82.8 Å². The fraction of sp³-hybridized carbons (Fsp3) is 0.273. The quantitative estimate of drug-likeness (QED) is 0.486. The van der Waals surface area contributed by atoms with E-state index in [4.69, 9.17) is 11.6 Å². The maximum Gasteiger partial charge on any atom is 0.210 e. The maximum atomic E-state index is 5.85. The molecule has 0 amide bonds. The van der Waals surface area contributed by atoms with Crippen LogP contribution < -0.4 is 11.6 Å². The van der Waals surface area contributed by atoms with Crippen LogP contribution in [0.1, 0.15) is 18.3 Å². The lowest BCUT2D eigenvalue weighted by molar-refractivity contribution is 0.796. The molecular weight excluding hydrogens is 234 g/mol. The van der Waals surface area contributed by atoms with Crippen molar-refractivity contribution >= 4 is 17.4 Å². The second-order valence-corrected chi connectivity index (χ2v) is 4.60. The monoisotopic (exact) mass is 249 g/mol. The van der Waals surface area contributed by atoms with Crippen molar-refractivity contribution in [3.05, 3.63) is 35.7 Å². The number of nitrogen functional groups attached to an aromatic ring is 2. The Balaban J connectivity index is 2.02. The number of aryl methyl sites for hydroxylation is 1. The maximum absolute atomic E-state index is 5.85. The SMILES string of the molecule is CCc1nnc(SCc2ccc(N)cc2)n1N. The molecule has 0 fully saturated rings. The Bertz CT molecular complexity index is 491. The molecule has 90 valence electrons. The number of benzene rings is 1. The van der Waals surface area contributed by atoms with Gasteiger partial charge in [-0.25, -0.2) is 4.68 Å². The minimum atomic E-state index is 0.735. The normalized spacial score (nSPS) is 10.6. The Hall–Kier alpha value is -1.69. The van der Waals surface area contributed by atoms with E-state index in [1.165, 1.54) is 5.56 Å².